The first-order valence-corrected chi connectivity index (χ1v) is 6.22. The van der Waals surface area contributed by atoms with E-state index >= 15 is 0 Å². The van der Waals surface area contributed by atoms with E-state index in [1.807, 2.05) is 33.0 Å². The molecule has 100 valence electrons. The Kier molecular flexibility index (Phi) is 3.94. The molecule has 2 aromatic heterocycles. The second kappa shape index (κ2) is 5.65. The smallest absolute Gasteiger partial charge is 0.224 e. The number of carbonyl (C=O) groups is 1. The molecular weight excluding hydrogens is 240 g/mol. The standard InChI is InChI=1S/C14H18N4O/c1-10-13(11(2)18(3)17-10)7-14(19)16-9-12-5-4-6-15-8-12/h4-6,8H,7,9H2,1-3H3,(H,16,19). The average molecular weight is 258 g/mol. The molecule has 1 amide bonds. The molecular formula is C14H18N4O. The number of pyridine rings is 1. The van der Waals surface area contributed by atoms with Crippen LogP contribution in [0.2, 0.25) is 0 Å². The molecule has 0 unspecified atom stereocenters. The first kappa shape index (κ1) is 13.3. The van der Waals surface area contributed by atoms with E-state index in [4.69, 9.17) is 0 Å². The number of hydrogen-bond acceptors (Lipinski definition) is 3. The average Bonchev–Trinajstić information content (AvgIpc) is 2.64. The SMILES string of the molecule is Cc1nn(C)c(C)c1CC(=O)NCc1cccnc1. The Morgan fingerprint density at radius 1 is 1.42 bits per heavy atom. The van der Waals surface area contributed by atoms with Gasteiger partial charge in [-0.15, -0.1) is 0 Å². The summed E-state index contributed by atoms with van der Waals surface area (Å²) in [6.45, 7) is 4.41. The van der Waals surface area contributed by atoms with Crippen molar-refractivity contribution in [3.05, 3.63) is 47.0 Å². The Balaban J connectivity index is 1.95. The van der Waals surface area contributed by atoms with Gasteiger partial charge in [0.25, 0.3) is 0 Å². The zero-order valence-corrected chi connectivity index (χ0v) is 11.5. The van der Waals surface area contributed by atoms with E-state index < -0.39 is 0 Å². The third-order valence-electron chi connectivity index (χ3n) is 3.21. The van der Waals surface area contributed by atoms with Crippen LogP contribution >= 0.6 is 0 Å². The van der Waals surface area contributed by atoms with Crippen molar-refractivity contribution >= 4 is 5.91 Å². The van der Waals surface area contributed by atoms with Gasteiger partial charge >= 0.3 is 0 Å². The topological polar surface area (TPSA) is 59.8 Å². The number of nitrogens with zero attached hydrogens (tertiary/aromatic N) is 3. The minimum atomic E-state index is 0.00283. The lowest BCUT2D eigenvalue weighted by molar-refractivity contribution is -0.120. The van der Waals surface area contributed by atoms with Crippen molar-refractivity contribution < 1.29 is 4.79 Å². The van der Waals surface area contributed by atoms with E-state index in [2.05, 4.69) is 15.4 Å². The third-order valence-corrected chi connectivity index (χ3v) is 3.21. The van der Waals surface area contributed by atoms with Crippen LogP contribution in [0.15, 0.2) is 24.5 Å². The van der Waals surface area contributed by atoms with E-state index in [0.29, 0.717) is 13.0 Å². The van der Waals surface area contributed by atoms with Gasteiger partial charge in [-0.2, -0.15) is 5.10 Å². The van der Waals surface area contributed by atoms with Crippen molar-refractivity contribution in [3.8, 4) is 0 Å². The summed E-state index contributed by atoms with van der Waals surface area (Å²) < 4.78 is 1.80. The molecule has 0 saturated carbocycles. The maximum Gasteiger partial charge on any atom is 0.224 e. The zero-order chi connectivity index (χ0) is 13.8. The Morgan fingerprint density at radius 3 is 2.79 bits per heavy atom. The predicted molar refractivity (Wildman–Crippen MR) is 72.5 cm³/mol. The summed E-state index contributed by atoms with van der Waals surface area (Å²) in [4.78, 5) is 15.9. The predicted octanol–water partition coefficient (Wildman–Crippen LogP) is 1.29. The maximum absolute atomic E-state index is 11.9. The largest absolute Gasteiger partial charge is 0.352 e. The van der Waals surface area contributed by atoms with Crippen molar-refractivity contribution in [2.45, 2.75) is 26.8 Å². The highest BCUT2D eigenvalue weighted by atomic mass is 16.1. The van der Waals surface area contributed by atoms with Crippen molar-refractivity contribution in [1.29, 1.82) is 0 Å². The summed E-state index contributed by atoms with van der Waals surface area (Å²) >= 11 is 0. The van der Waals surface area contributed by atoms with Crippen molar-refractivity contribution in [2.24, 2.45) is 7.05 Å². The van der Waals surface area contributed by atoms with Crippen LogP contribution in [0.25, 0.3) is 0 Å². The van der Waals surface area contributed by atoms with Gasteiger partial charge in [0, 0.05) is 37.2 Å². The first-order valence-electron chi connectivity index (χ1n) is 6.22. The summed E-state index contributed by atoms with van der Waals surface area (Å²) in [5.41, 5.74) is 3.95. The number of nitrogens with one attached hydrogen (secondary N) is 1. The van der Waals surface area contributed by atoms with Gasteiger partial charge in [-0.05, 0) is 25.5 Å². The number of carbonyl (C=O) groups excluding carboxylic acids is 1. The van der Waals surface area contributed by atoms with E-state index in [-0.39, 0.29) is 5.91 Å². The number of amides is 1. The van der Waals surface area contributed by atoms with Crippen LogP contribution in [-0.2, 0) is 24.8 Å². The summed E-state index contributed by atoms with van der Waals surface area (Å²) in [5, 5.41) is 7.20. The molecule has 2 aromatic rings. The van der Waals surface area contributed by atoms with E-state index in [1.165, 1.54) is 0 Å². The number of aryl methyl sites for hydroxylation is 2. The Hall–Kier alpha value is -2.17. The zero-order valence-electron chi connectivity index (χ0n) is 11.5. The molecule has 0 aliphatic carbocycles. The number of hydrogen-bond donors (Lipinski definition) is 1. The highest BCUT2D eigenvalue weighted by Crippen LogP contribution is 2.12. The van der Waals surface area contributed by atoms with Crippen LogP contribution in [-0.4, -0.2) is 20.7 Å². The fraction of sp³-hybridized carbons (Fsp3) is 0.357. The lowest BCUT2D eigenvalue weighted by atomic mass is 10.1. The third kappa shape index (κ3) is 3.19. The minimum Gasteiger partial charge on any atom is -0.352 e. The fourth-order valence-corrected chi connectivity index (χ4v) is 2.00. The summed E-state index contributed by atoms with van der Waals surface area (Å²) in [7, 11) is 1.89. The van der Waals surface area contributed by atoms with Crippen LogP contribution in [0.3, 0.4) is 0 Å². The molecule has 0 saturated heterocycles. The minimum absolute atomic E-state index is 0.00283. The van der Waals surface area contributed by atoms with Gasteiger partial charge < -0.3 is 5.32 Å². The maximum atomic E-state index is 11.9. The molecule has 0 fully saturated rings. The molecule has 0 atom stereocenters. The molecule has 19 heavy (non-hydrogen) atoms. The van der Waals surface area contributed by atoms with Gasteiger partial charge in [0.1, 0.15) is 0 Å². The van der Waals surface area contributed by atoms with Crippen molar-refractivity contribution in [1.82, 2.24) is 20.1 Å². The molecule has 0 radical (unpaired) electrons. The molecule has 5 nitrogen and oxygen atoms in total. The Morgan fingerprint density at radius 2 is 2.21 bits per heavy atom. The van der Waals surface area contributed by atoms with E-state index in [1.54, 1.807) is 17.1 Å². The second-order valence-corrected chi connectivity index (χ2v) is 4.59. The van der Waals surface area contributed by atoms with Crippen LogP contribution in [0, 0.1) is 13.8 Å². The molecule has 0 aliphatic rings. The highest BCUT2D eigenvalue weighted by Gasteiger charge is 2.13. The summed E-state index contributed by atoms with van der Waals surface area (Å²) in [6, 6.07) is 3.80. The van der Waals surface area contributed by atoms with Crippen molar-refractivity contribution in [3.63, 3.8) is 0 Å². The molecule has 5 heteroatoms. The molecule has 2 heterocycles. The van der Waals surface area contributed by atoms with Crippen LogP contribution < -0.4 is 5.32 Å². The van der Waals surface area contributed by atoms with Crippen molar-refractivity contribution in [2.75, 3.05) is 0 Å². The van der Waals surface area contributed by atoms with Gasteiger partial charge in [-0.3, -0.25) is 14.5 Å². The normalized spacial score (nSPS) is 10.5. The van der Waals surface area contributed by atoms with Gasteiger partial charge in [-0.25, -0.2) is 0 Å². The fourth-order valence-electron chi connectivity index (χ4n) is 2.00. The summed E-state index contributed by atoms with van der Waals surface area (Å²) in [5.74, 6) is 0.00283. The second-order valence-electron chi connectivity index (χ2n) is 4.59. The van der Waals surface area contributed by atoms with E-state index in [0.717, 1.165) is 22.5 Å². The quantitative estimate of drug-likeness (QED) is 0.899. The number of rotatable bonds is 4. The molecule has 2 rings (SSSR count). The van der Waals surface area contributed by atoms with Crippen LogP contribution in [0.5, 0.6) is 0 Å². The van der Waals surface area contributed by atoms with Crippen LogP contribution in [0.1, 0.15) is 22.5 Å². The van der Waals surface area contributed by atoms with Gasteiger partial charge in [0.05, 0.1) is 12.1 Å². The lowest BCUT2D eigenvalue weighted by Gasteiger charge is -2.05. The molecule has 0 spiro atoms. The number of aromatic nitrogens is 3. The lowest BCUT2D eigenvalue weighted by Crippen LogP contribution is -2.25. The first-order chi connectivity index (χ1) is 9.08. The summed E-state index contributed by atoms with van der Waals surface area (Å²) in [6.07, 6.45) is 3.83. The molecule has 0 aliphatic heterocycles. The molecule has 0 aromatic carbocycles. The van der Waals surface area contributed by atoms with E-state index in [9.17, 15) is 4.79 Å². The Labute approximate surface area is 112 Å². The van der Waals surface area contributed by atoms with Gasteiger partial charge in [-0.1, -0.05) is 6.07 Å². The van der Waals surface area contributed by atoms with Gasteiger partial charge in [0.2, 0.25) is 5.91 Å². The Bertz CT molecular complexity index is 575. The monoisotopic (exact) mass is 258 g/mol. The highest BCUT2D eigenvalue weighted by molar-refractivity contribution is 5.79. The van der Waals surface area contributed by atoms with Crippen LogP contribution in [0.4, 0.5) is 0 Å². The van der Waals surface area contributed by atoms with Gasteiger partial charge in [0.15, 0.2) is 0 Å². The molecule has 0 bridgehead atoms. The molecule has 1 N–H and O–H groups in total.